The monoisotopic (exact) mass is 271 g/mol. The van der Waals surface area contributed by atoms with Crippen LogP contribution in [0.5, 0.6) is 0 Å². The number of esters is 1. The third-order valence-electron chi connectivity index (χ3n) is 2.94. The minimum absolute atomic E-state index is 0.321. The Balaban J connectivity index is 2.22. The smallest absolute Gasteiger partial charge is 0.340 e. The Morgan fingerprint density at radius 3 is 3.00 bits per heavy atom. The van der Waals surface area contributed by atoms with Crippen LogP contribution in [0.15, 0.2) is 24.9 Å². The molecular formula is C13H13N5O2. The quantitative estimate of drug-likeness (QED) is 0.730. The Kier molecular flexibility index (Phi) is 2.94. The molecule has 102 valence electrons. The van der Waals surface area contributed by atoms with Crippen molar-refractivity contribution < 1.29 is 9.53 Å². The summed E-state index contributed by atoms with van der Waals surface area (Å²) in [6.45, 7) is 2.09. The van der Waals surface area contributed by atoms with E-state index in [-0.39, 0.29) is 0 Å². The van der Waals surface area contributed by atoms with E-state index in [1.165, 1.54) is 6.33 Å². The van der Waals surface area contributed by atoms with Gasteiger partial charge in [0.15, 0.2) is 0 Å². The van der Waals surface area contributed by atoms with E-state index in [1.807, 2.05) is 13.2 Å². The molecule has 0 aliphatic carbocycles. The van der Waals surface area contributed by atoms with Crippen LogP contribution >= 0.6 is 0 Å². The van der Waals surface area contributed by atoms with Crippen LogP contribution in [0.2, 0.25) is 0 Å². The highest BCUT2D eigenvalue weighted by molar-refractivity contribution is 6.08. The van der Waals surface area contributed by atoms with Crippen LogP contribution in [0, 0.1) is 0 Å². The van der Waals surface area contributed by atoms with Crippen LogP contribution in [0.25, 0.3) is 22.3 Å². The second-order valence-corrected chi connectivity index (χ2v) is 4.27. The lowest BCUT2D eigenvalue weighted by atomic mass is 10.1. The summed E-state index contributed by atoms with van der Waals surface area (Å²) in [5.74, 6) is -0.390. The first-order valence-electron chi connectivity index (χ1n) is 6.19. The molecule has 3 rings (SSSR count). The maximum Gasteiger partial charge on any atom is 0.340 e. The standard InChI is InChI=1S/C13H13N5O2/c1-3-20-13(19)9-5-14-12-10(9)11(15-7-16-12)8-4-17-18(2)6-8/h4-7H,3H2,1-2H3,(H,14,15,16). The Morgan fingerprint density at radius 1 is 1.45 bits per heavy atom. The first-order valence-corrected chi connectivity index (χ1v) is 6.19. The number of nitrogens with zero attached hydrogens (tertiary/aromatic N) is 4. The van der Waals surface area contributed by atoms with Gasteiger partial charge in [0.05, 0.1) is 29.4 Å². The molecule has 0 saturated heterocycles. The zero-order valence-corrected chi connectivity index (χ0v) is 11.1. The average molecular weight is 271 g/mol. The van der Waals surface area contributed by atoms with Gasteiger partial charge >= 0.3 is 5.97 Å². The fourth-order valence-corrected chi connectivity index (χ4v) is 2.10. The van der Waals surface area contributed by atoms with E-state index in [1.54, 1.807) is 24.0 Å². The Bertz CT molecular complexity index is 774. The highest BCUT2D eigenvalue weighted by atomic mass is 16.5. The Morgan fingerprint density at radius 2 is 2.30 bits per heavy atom. The zero-order valence-electron chi connectivity index (χ0n) is 11.1. The molecule has 0 bridgehead atoms. The summed E-state index contributed by atoms with van der Waals surface area (Å²) in [5, 5.41) is 4.78. The topological polar surface area (TPSA) is 85.7 Å². The average Bonchev–Trinajstić information content (AvgIpc) is 3.04. The number of carbonyl (C=O) groups is 1. The largest absolute Gasteiger partial charge is 0.462 e. The van der Waals surface area contributed by atoms with Crippen molar-refractivity contribution in [2.75, 3.05) is 6.61 Å². The van der Waals surface area contributed by atoms with E-state index in [9.17, 15) is 4.79 Å². The maximum absolute atomic E-state index is 12.0. The number of rotatable bonds is 3. The number of carbonyl (C=O) groups excluding carboxylic acids is 1. The van der Waals surface area contributed by atoms with Gasteiger partial charge < -0.3 is 9.72 Å². The predicted octanol–water partition coefficient (Wildman–Crippen LogP) is 1.54. The van der Waals surface area contributed by atoms with Crippen molar-refractivity contribution in [3.05, 3.63) is 30.5 Å². The lowest BCUT2D eigenvalue weighted by Crippen LogP contribution is -2.04. The highest BCUT2D eigenvalue weighted by Crippen LogP contribution is 2.28. The second kappa shape index (κ2) is 4.76. The van der Waals surface area contributed by atoms with Crippen LogP contribution in [0.1, 0.15) is 17.3 Å². The van der Waals surface area contributed by atoms with E-state index < -0.39 is 5.97 Å². The van der Waals surface area contributed by atoms with Crippen molar-refractivity contribution in [1.82, 2.24) is 24.7 Å². The number of nitrogens with one attached hydrogen (secondary N) is 1. The molecule has 0 unspecified atom stereocenters. The second-order valence-electron chi connectivity index (χ2n) is 4.27. The molecule has 1 N–H and O–H groups in total. The number of ether oxygens (including phenoxy) is 1. The van der Waals surface area contributed by atoms with Crippen molar-refractivity contribution in [1.29, 1.82) is 0 Å². The fraction of sp³-hybridized carbons (Fsp3) is 0.231. The molecule has 3 aromatic rings. The first kappa shape index (κ1) is 12.3. The first-order chi connectivity index (χ1) is 9.70. The Labute approximate surface area is 114 Å². The predicted molar refractivity (Wildman–Crippen MR) is 72.0 cm³/mol. The summed E-state index contributed by atoms with van der Waals surface area (Å²) in [6, 6.07) is 0. The molecule has 0 amide bonds. The van der Waals surface area contributed by atoms with E-state index >= 15 is 0 Å². The highest BCUT2D eigenvalue weighted by Gasteiger charge is 2.19. The van der Waals surface area contributed by atoms with Gasteiger partial charge in [-0.15, -0.1) is 0 Å². The van der Waals surface area contributed by atoms with Gasteiger partial charge in [0.1, 0.15) is 12.0 Å². The number of aromatic nitrogens is 5. The summed E-state index contributed by atoms with van der Waals surface area (Å²) in [7, 11) is 1.82. The number of aryl methyl sites for hydroxylation is 1. The van der Waals surface area contributed by atoms with Crippen LogP contribution in [-0.2, 0) is 11.8 Å². The van der Waals surface area contributed by atoms with Crippen molar-refractivity contribution in [3.8, 4) is 11.3 Å². The van der Waals surface area contributed by atoms with E-state index in [4.69, 9.17) is 4.74 Å². The van der Waals surface area contributed by atoms with Crippen molar-refractivity contribution in [3.63, 3.8) is 0 Å². The number of aromatic amines is 1. The van der Waals surface area contributed by atoms with Gasteiger partial charge in [-0.25, -0.2) is 14.8 Å². The minimum Gasteiger partial charge on any atom is -0.462 e. The number of H-pyrrole nitrogens is 1. The third-order valence-corrected chi connectivity index (χ3v) is 2.94. The molecule has 0 aliphatic rings. The number of hydrogen-bond acceptors (Lipinski definition) is 5. The van der Waals surface area contributed by atoms with Crippen molar-refractivity contribution in [2.45, 2.75) is 6.92 Å². The molecular weight excluding hydrogens is 258 g/mol. The molecule has 7 heteroatoms. The lowest BCUT2D eigenvalue weighted by molar-refractivity contribution is 0.0528. The van der Waals surface area contributed by atoms with Gasteiger partial charge in [0.25, 0.3) is 0 Å². The van der Waals surface area contributed by atoms with Gasteiger partial charge in [-0.3, -0.25) is 4.68 Å². The summed E-state index contributed by atoms with van der Waals surface area (Å²) < 4.78 is 6.74. The fourth-order valence-electron chi connectivity index (χ4n) is 2.10. The van der Waals surface area contributed by atoms with Crippen LogP contribution in [0.3, 0.4) is 0 Å². The van der Waals surface area contributed by atoms with Crippen molar-refractivity contribution >= 4 is 17.0 Å². The van der Waals surface area contributed by atoms with Gasteiger partial charge in [-0.05, 0) is 6.92 Å². The number of fused-ring (bicyclic) bond motifs is 1. The molecule has 3 heterocycles. The summed E-state index contributed by atoms with van der Waals surface area (Å²) >= 11 is 0. The molecule has 0 atom stereocenters. The lowest BCUT2D eigenvalue weighted by Gasteiger charge is -2.02. The van der Waals surface area contributed by atoms with E-state index in [2.05, 4.69) is 20.1 Å². The molecule has 0 aromatic carbocycles. The van der Waals surface area contributed by atoms with Gasteiger partial charge in [-0.1, -0.05) is 0 Å². The number of hydrogen-bond donors (Lipinski definition) is 1. The summed E-state index contributed by atoms with van der Waals surface area (Å²) in [5.41, 5.74) is 2.51. The minimum atomic E-state index is -0.390. The molecule has 0 saturated carbocycles. The maximum atomic E-state index is 12.0. The van der Waals surface area contributed by atoms with Gasteiger partial charge in [0, 0.05) is 25.0 Å². The zero-order chi connectivity index (χ0) is 14.1. The molecule has 7 nitrogen and oxygen atoms in total. The van der Waals surface area contributed by atoms with Gasteiger partial charge in [-0.2, -0.15) is 5.10 Å². The molecule has 0 aliphatic heterocycles. The molecule has 0 spiro atoms. The Hall–Kier alpha value is -2.70. The molecule has 3 aromatic heterocycles. The molecule has 0 radical (unpaired) electrons. The summed E-state index contributed by atoms with van der Waals surface area (Å²) in [6.07, 6.45) is 6.58. The van der Waals surface area contributed by atoms with Gasteiger partial charge in [0.2, 0.25) is 0 Å². The SMILES string of the molecule is CCOC(=O)c1c[nH]c2ncnc(-c3cnn(C)c3)c12. The molecule has 20 heavy (non-hydrogen) atoms. The van der Waals surface area contributed by atoms with Crippen molar-refractivity contribution in [2.24, 2.45) is 7.05 Å². The summed E-state index contributed by atoms with van der Waals surface area (Å²) in [4.78, 5) is 23.4. The normalized spacial score (nSPS) is 10.9. The van der Waals surface area contributed by atoms with E-state index in [0.717, 1.165) is 5.56 Å². The van der Waals surface area contributed by atoms with Crippen LogP contribution in [-0.4, -0.2) is 37.3 Å². The van der Waals surface area contributed by atoms with Crippen LogP contribution < -0.4 is 0 Å². The molecule has 0 fully saturated rings. The van der Waals surface area contributed by atoms with Crippen LogP contribution in [0.4, 0.5) is 0 Å². The third kappa shape index (κ3) is 1.93. The van der Waals surface area contributed by atoms with E-state index in [0.29, 0.717) is 28.9 Å².